The Morgan fingerprint density at radius 2 is 1.81 bits per heavy atom. The van der Waals surface area contributed by atoms with Crippen molar-refractivity contribution in [3.05, 3.63) is 23.8 Å². The van der Waals surface area contributed by atoms with Gasteiger partial charge in [-0.25, -0.2) is 4.79 Å². The Hall–Kier alpha value is -2.90. The van der Waals surface area contributed by atoms with Crippen molar-refractivity contribution in [2.24, 2.45) is 5.41 Å². The van der Waals surface area contributed by atoms with Crippen molar-refractivity contribution < 1.29 is 24.3 Å². The number of nitrogens with one attached hydrogen (secondary N) is 2. The number of anilines is 2. The number of carbonyl (C=O) groups excluding carboxylic acids is 3. The Labute approximate surface area is 152 Å². The molecule has 0 radical (unpaired) electrons. The molecule has 0 saturated carbocycles. The first kappa shape index (κ1) is 21.1. The summed E-state index contributed by atoms with van der Waals surface area (Å²) in [5, 5.41) is 14.2. The third-order valence-corrected chi connectivity index (χ3v) is 3.63. The van der Waals surface area contributed by atoms with Crippen molar-refractivity contribution in [1.29, 1.82) is 0 Å². The van der Waals surface area contributed by atoms with Crippen LogP contribution < -0.4 is 16.4 Å². The minimum absolute atomic E-state index is 0.000996. The Balaban J connectivity index is 2.95. The molecule has 5 N–H and O–H groups in total. The van der Waals surface area contributed by atoms with Gasteiger partial charge in [-0.15, -0.1) is 0 Å². The van der Waals surface area contributed by atoms with Gasteiger partial charge in [-0.2, -0.15) is 0 Å². The third kappa shape index (κ3) is 6.19. The van der Waals surface area contributed by atoms with E-state index >= 15 is 0 Å². The lowest BCUT2D eigenvalue weighted by atomic mass is 9.95. The lowest BCUT2D eigenvalue weighted by Gasteiger charge is -2.19. The van der Waals surface area contributed by atoms with Crippen LogP contribution in [0.2, 0.25) is 0 Å². The van der Waals surface area contributed by atoms with E-state index in [9.17, 15) is 24.3 Å². The highest BCUT2D eigenvalue weighted by Crippen LogP contribution is 2.23. The zero-order chi connectivity index (χ0) is 20.1. The van der Waals surface area contributed by atoms with Crippen molar-refractivity contribution in [1.82, 2.24) is 5.32 Å². The molecule has 1 atom stereocenters. The Kier molecular flexibility index (Phi) is 6.88. The topological polar surface area (TPSA) is 139 Å². The summed E-state index contributed by atoms with van der Waals surface area (Å²) in [5.74, 6) is -2.29. The predicted molar refractivity (Wildman–Crippen MR) is 97.7 cm³/mol. The molecule has 0 bridgehead atoms. The zero-order valence-electron chi connectivity index (χ0n) is 15.4. The molecule has 1 rings (SSSR count). The number of Topliss-reactive ketones (excluding diaryl/α,β-unsaturated/α-hetero) is 1. The van der Waals surface area contributed by atoms with Crippen molar-refractivity contribution in [3.63, 3.8) is 0 Å². The molecule has 0 aromatic heterocycles. The first-order valence-corrected chi connectivity index (χ1v) is 8.16. The molecule has 142 valence electrons. The Bertz CT molecular complexity index is 722. The quantitative estimate of drug-likeness (QED) is 0.545. The van der Waals surface area contributed by atoms with Crippen LogP contribution in [-0.4, -0.2) is 34.7 Å². The molecule has 8 heteroatoms. The van der Waals surface area contributed by atoms with E-state index in [1.807, 2.05) is 0 Å². The summed E-state index contributed by atoms with van der Waals surface area (Å²) in [6.45, 7) is 6.57. The van der Waals surface area contributed by atoms with Crippen LogP contribution in [0, 0.1) is 5.41 Å². The average Bonchev–Trinajstić information content (AvgIpc) is 2.51. The van der Waals surface area contributed by atoms with Crippen molar-refractivity contribution in [2.75, 3.05) is 11.1 Å². The van der Waals surface area contributed by atoms with Gasteiger partial charge in [0.05, 0.1) is 11.4 Å². The second-order valence-corrected chi connectivity index (χ2v) is 7.11. The van der Waals surface area contributed by atoms with Gasteiger partial charge in [0.2, 0.25) is 5.91 Å². The molecule has 26 heavy (non-hydrogen) atoms. The van der Waals surface area contributed by atoms with Crippen LogP contribution in [-0.2, 0) is 14.4 Å². The van der Waals surface area contributed by atoms with E-state index in [-0.39, 0.29) is 41.5 Å². The van der Waals surface area contributed by atoms with Gasteiger partial charge < -0.3 is 26.3 Å². The van der Waals surface area contributed by atoms with Crippen LogP contribution in [0.25, 0.3) is 0 Å². The van der Waals surface area contributed by atoms with Crippen LogP contribution in [0.3, 0.4) is 0 Å². The maximum absolute atomic E-state index is 12.3. The molecule has 0 heterocycles. The van der Waals surface area contributed by atoms with Crippen LogP contribution >= 0.6 is 0 Å². The number of hydrogen-bond acceptors (Lipinski definition) is 5. The lowest BCUT2D eigenvalue weighted by Crippen LogP contribution is -2.41. The zero-order valence-corrected chi connectivity index (χ0v) is 15.4. The van der Waals surface area contributed by atoms with E-state index < -0.39 is 23.3 Å². The first-order valence-electron chi connectivity index (χ1n) is 8.16. The summed E-state index contributed by atoms with van der Waals surface area (Å²) in [7, 11) is 0. The molecule has 0 aliphatic rings. The number of aliphatic carboxylic acids is 1. The summed E-state index contributed by atoms with van der Waals surface area (Å²) >= 11 is 0. The molecule has 0 aliphatic carbocycles. The molecule has 1 aromatic carbocycles. The fourth-order valence-corrected chi connectivity index (χ4v) is 1.96. The minimum atomic E-state index is -1.23. The number of benzene rings is 1. The monoisotopic (exact) mass is 363 g/mol. The van der Waals surface area contributed by atoms with Crippen molar-refractivity contribution in [2.45, 2.75) is 46.6 Å². The van der Waals surface area contributed by atoms with Gasteiger partial charge >= 0.3 is 5.97 Å². The number of ketones is 1. The van der Waals surface area contributed by atoms with Gasteiger partial charge in [0, 0.05) is 17.4 Å². The molecule has 0 fully saturated rings. The van der Waals surface area contributed by atoms with Crippen molar-refractivity contribution in [3.8, 4) is 0 Å². The second-order valence-electron chi connectivity index (χ2n) is 7.11. The average molecular weight is 363 g/mol. The summed E-state index contributed by atoms with van der Waals surface area (Å²) < 4.78 is 0. The van der Waals surface area contributed by atoms with E-state index in [2.05, 4.69) is 10.6 Å². The number of carboxylic acids is 1. The summed E-state index contributed by atoms with van der Waals surface area (Å²) in [6, 6.07) is 3.09. The second kappa shape index (κ2) is 8.46. The number of hydrogen-bond donors (Lipinski definition) is 4. The SMILES string of the molecule is CC(=O)CCC(NC(=O)c1ccc(N)c(NC(=O)C(C)(C)C)c1)C(=O)O. The van der Waals surface area contributed by atoms with E-state index in [1.54, 1.807) is 20.8 Å². The summed E-state index contributed by atoms with van der Waals surface area (Å²) in [5.41, 5.74) is 5.89. The van der Waals surface area contributed by atoms with Gasteiger partial charge in [0.25, 0.3) is 5.91 Å². The molecule has 1 aromatic rings. The highest BCUT2D eigenvalue weighted by molar-refractivity contribution is 6.01. The summed E-state index contributed by atoms with van der Waals surface area (Å²) in [4.78, 5) is 46.7. The highest BCUT2D eigenvalue weighted by atomic mass is 16.4. The van der Waals surface area contributed by atoms with E-state index in [1.165, 1.54) is 25.1 Å². The molecule has 0 spiro atoms. The molecule has 0 saturated heterocycles. The highest BCUT2D eigenvalue weighted by Gasteiger charge is 2.24. The van der Waals surface area contributed by atoms with Crippen LogP contribution in [0.5, 0.6) is 0 Å². The van der Waals surface area contributed by atoms with Gasteiger partial charge in [0.15, 0.2) is 0 Å². The third-order valence-electron chi connectivity index (χ3n) is 3.63. The normalized spacial score (nSPS) is 12.2. The van der Waals surface area contributed by atoms with Crippen molar-refractivity contribution >= 4 is 34.9 Å². The molecular weight excluding hydrogens is 338 g/mol. The number of amides is 2. The van der Waals surface area contributed by atoms with Gasteiger partial charge in [-0.3, -0.25) is 9.59 Å². The number of rotatable bonds is 7. The van der Waals surface area contributed by atoms with Crippen LogP contribution in [0.4, 0.5) is 11.4 Å². The van der Waals surface area contributed by atoms with Gasteiger partial charge in [0.1, 0.15) is 11.8 Å². The van der Waals surface area contributed by atoms with E-state index in [0.717, 1.165) is 0 Å². The number of carbonyl (C=O) groups is 4. The maximum atomic E-state index is 12.3. The number of nitrogen functional groups attached to an aromatic ring is 1. The Morgan fingerprint density at radius 1 is 1.19 bits per heavy atom. The molecule has 0 aliphatic heterocycles. The maximum Gasteiger partial charge on any atom is 0.326 e. The van der Waals surface area contributed by atoms with Crippen LogP contribution in [0.15, 0.2) is 18.2 Å². The Morgan fingerprint density at radius 3 is 2.31 bits per heavy atom. The minimum Gasteiger partial charge on any atom is -0.480 e. The summed E-state index contributed by atoms with van der Waals surface area (Å²) in [6.07, 6.45) is 0.0465. The molecule has 8 nitrogen and oxygen atoms in total. The van der Waals surface area contributed by atoms with Crippen LogP contribution in [0.1, 0.15) is 50.9 Å². The molecule has 1 unspecified atom stereocenters. The predicted octanol–water partition coefficient (Wildman–Crippen LogP) is 1.81. The number of carboxylic acid groups (broad SMARTS) is 1. The fraction of sp³-hybridized carbons (Fsp3) is 0.444. The number of nitrogens with two attached hydrogens (primary N) is 1. The molecular formula is C18H25N3O5. The largest absolute Gasteiger partial charge is 0.480 e. The first-order chi connectivity index (χ1) is 11.9. The fourth-order valence-electron chi connectivity index (χ4n) is 1.96. The van der Waals surface area contributed by atoms with E-state index in [4.69, 9.17) is 5.73 Å². The standard InChI is InChI=1S/C18H25N3O5/c1-10(22)5-8-13(16(24)25)20-15(23)11-6-7-12(19)14(9-11)21-17(26)18(2,3)4/h6-7,9,13H,5,8,19H2,1-4H3,(H,20,23)(H,21,26)(H,24,25). The molecule has 2 amide bonds. The smallest absolute Gasteiger partial charge is 0.326 e. The van der Waals surface area contributed by atoms with E-state index in [0.29, 0.717) is 0 Å². The lowest BCUT2D eigenvalue weighted by molar-refractivity contribution is -0.139. The van der Waals surface area contributed by atoms with Gasteiger partial charge in [-0.1, -0.05) is 20.8 Å². The van der Waals surface area contributed by atoms with Gasteiger partial charge in [-0.05, 0) is 31.5 Å².